The maximum Gasteiger partial charge on any atom is 0.257 e. The zero-order valence-electron chi connectivity index (χ0n) is 16.0. The second-order valence-corrected chi connectivity index (χ2v) is 6.36. The fourth-order valence-electron chi connectivity index (χ4n) is 2.86. The Morgan fingerprint density at radius 3 is 2.34 bits per heavy atom. The Morgan fingerprint density at radius 2 is 1.66 bits per heavy atom. The summed E-state index contributed by atoms with van der Waals surface area (Å²) in [6, 6.07) is 16.7. The number of benzene rings is 2. The summed E-state index contributed by atoms with van der Waals surface area (Å²) in [4.78, 5) is 9.02. The molecule has 144 valence electrons. The summed E-state index contributed by atoms with van der Waals surface area (Å²) in [7, 11) is 0. The Labute approximate surface area is 167 Å². The molecule has 0 aliphatic heterocycles. The molecule has 0 saturated heterocycles. The van der Waals surface area contributed by atoms with Crippen LogP contribution in [0.4, 0.5) is 0 Å². The van der Waals surface area contributed by atoms with Crippen LogP contribution in [0.5, 0.6) is 5.75 Å². The molecule has 4 aromatic rings. The monoisotopic (exact) mass is 386 g/mol. The molecule has 0 atom stereocenters. The van der Waals surface area contributed by atoms with Crippen LogP contribution in [0.2, 0.25) is 0 Å². The van der Waals surface area contributed by atoms with Crippen molar-refractivity contribution in [2.24, 2.45) is 0 Å². The number of aromatic nitrogens is 3. The molecule has 0 spiro atoms. The molecule has 0 aliphatic rings. The molecule has 7 heteroatoms. The van der Waals surface area contributed by atoms with Crippen molar-refractivity contribution in [1.29, 1.82) is 5.26 Å². The molecule has 0 unspecified atom stereocenters. The largest absolute Gasteiger partial charge is 0.494 e. The highest BCUT2D eigenvalue weighted by Crippen LogP contribution is 2.25. The summed E-state index contributed by atoms with van der Waals surface area (Å²) in [6.07, 6.45) is 0.395. The van der Waals surface area contributed by atoms with Crippen LogP contribution in [0.1, 0.15) is 29.8 Å². The fourth-order valence-corrected chi connectivity index (χ4v) is 2.86. The van der Waals surface area contributed by atoms with Crippen molar-refractivity contribution in [3.8, 4) is 34.7 Å². The Morgan fingerprint density at radius 1 is 0.966 bits per heavy atom. The Bertz CT molecular complexity index is 1150. The number of hydrogen-bond donors (Lipinski definition) is 0. The van der Waals surface area contributed by atoms with E-state index in [0.717, 1.165) is 22.6 Å². The third-order valence-electron chi connectivity index (χ3n) is 4.36. The molecular formula is C22H18N4O3. The van der Waals surface area contributed by atoms with Crippen LogP contribution in [-0.4, -0.2) is 21.7 Å². The Kier molecular flexibility index (Phi) is 5.08. The van der Waals surface area contributed by atoms with E-state index in [-0.39, 0.29) is 0 Å². The third kappa shape index (κ3) is 4.01. The maximum absolute atomic E-state index is 8.89. The minimum absolute atomic E-state index is 0.395. The van der Waals surface area contributed by atoms with Crippen LogP contribution >= 0.6 is 0 Å². The molecule has 0 bridgehead atoms. The van der Waals surface area contributed by atoms with Gasteiger partial charge in [0.2, 0.25) is 5.89 Å². The van der Waals surface area contributed by atoms with Crippen LogP contribution in [0, 0.1) is 18.3 Å². The normalized spacial score (nSPS) is 10.7. The van der Waals surface area contributed by atoms with Crippen molar-refractivity contribution in [3.63, 3.8) is 0 Å². The first-order valence-corrected chi connectivity index (χ1v) is 9.19. The predicted molar refractivity (Wildman–Crippen MR) is 105 cm³/mol. The summed E-state index contributed by atoms with van der Waals surface area (Å²) >= 11 is 0. The van der Waals surface area contributed by atoms with E-state index < -0.39 is 0 Å². The highest BCUT2D eigenvalue weighted by Gasteiger charge is 2.16. The first-order chi connectivity index (χ1) is 14.2. The minimum Gasteiger partial charge on any atom is -0.494 e. The van der Waals surface area contributed by atoms with Gasteiger partial charge in [-0.05, 0) is 62.4 Å². The molecule has 0 fully saturated rings. The van der Waals surface area contributed by atoms with Gasteiger partial charge in [0.1, 0.15) is 11.5 Å². The number of aryl methyl sites for hydroxylation is 1. The molecule has 0 aliphatic carbocycles. The van der Waals surface area contributed by atoms with Gasteiger partial charge in [0.05, 0.1) is 30.4 Å². The quantitative estimate of drug-likeness (QED) is 0.479. The second kappa shape index (κ2) is 7.98. The van der Waals surface area contributed by atoms with Gasteiger partial charge in [-0.1, -0.05) is 5.16 Å². The van der Waals surface area contributed by atoms with Gasteiger partial charge < -0.3 is 13.7 Å². The lowest BCUT2D eigenvalue weighted by atomic mass is 10.1. The molecule has 2 aromatic carbocycles. The molecule has 0 amide bonds. The van der Waals surface area contributed by atoms with Crippen molar-refractivity contribution >= 4 is 0 Å². The van der Waals surface area contributed by atoms with Gasteiger partial charge >= 0.3 is 0 Å². The van der Waals surface area contributed by atoms with Gasteiger partial charge in [-0.25, -0.2) is 4.98 Å². The zero-order valence-corrected chi connectivity index (χ0v) is 16.0. The number of ether oxygens (including phenoxy) is 1. The van der Waals surface area contributed by atoms with Gasteiger partial charge in [-0.3, -0.25) is 0 Å². The van der Waals surface area contributed by atoms with Crippen LogP contribution in [0.3, 0.4) is 0 Å². The van der Waals surface area contributed by atoms with Gasteiger partial charge in [0.25, 0.3) is 5.89 Å². The summed E-state index contributed by atoms with van der Waals surface area (Å²) in [5.74, 6) is 2.97. The average molecular weight is 386 g/mol. The summed E-state index contributed by atoms with van der Waals surface area (Å²) in [5, 5.41) is 12.9. The first-order valence-electron chi connectivity index (χ1n) is 9.19. The number of oxazole rings is 1. The predicted octanol–water partition coefficient (Wildman–Crippen LogP) is 4.56. The van der Waals surface area contributed by atoms with Crippen LogP contribution in [0.15, 0.2) is 57.5 Å². The van der Waals surface area contributed by atoms with Gasteiger partial charge in [0.15, 0.2) is 5.82 Å². The SMILES string of the molecule is CCOc1ccc(-c2nc(Cc3noc(-c4ccc(C#N)cc4)n3)c(C)o2)cc1. The number of hydrogen-bond acceptors (Lipinski definition) is 7. The molecular weight excluding hydrogens is 368 g/mol. The van der Waals surface area contributed by atoms with E-state index in [2.05, 4.69) is 21.2 Å². The van der Waals surface area contributed by atoms with E-state index in [0.29, 0.717) is 42.0 Å². The van der Waals surface area contributed by atoms with Crippen molar-refractivity contribution in [1.82, 2.24) is 15.1 Å². The molecule has 29 heavy (non-hydrogen) atoms. The van der Waals surface area contributed by atoms with E-state index in [9.17, 15) is 0 Å². The summed E-state index contributed by atoms with van der Waals surface area (Å²) in [6.45, 7) is 4.43. The lowest BCUT2D eigenvalue weighted by Gasteiger charge is -2.02. The number of rotatable bonds is 6. The molecule has 2 heterocycles. The Hall–Kier alpha value is -3.92. The van der Waals surface area contributed by atoms with Crippen molar-refractivity contribution in [3.05, 3.63) is 71.4 Å². The van der Waals surface area contributed by atoms with Crippen LogP contribution in [0.25, 0.3) is 22.9 Å². The highest BCUT2D eigenvalue weighted by atomic mass is 16.5. The molecule has 2 aromatic heterocycles. The summed E-state index contributed by atoms with van der Waals surface area (Å²) in [5.41, 5.74) is 2.96. The molecule has 0 N–H and O–H groups in total. The fraction of sp³-hybridized carbons (Fsp3) is 0.182. The van der Waals surface area contributed by atoms with Gasteiger partial charge in [-0.2, -0.15) is 10.2 Å². The average Bonchev–Trinajstić information content (AvgIpc) is 3.36. The van der Waals surface area contributed by atoms with E-state index in [4.69, 9.17) is 18.9 Å². The molecule has 7 nitrogen and oxygen atoms in total. The van der Waals surface area contributed by atoms with Gasteiger partial charge in [0, 0.05) is 11.1 Å². The van der Waals surface area contributed by atoms with E-state index in [1.54, 1.807) is 24.3 Å². The lowest BCUT2D eigenvalue weighted by molar-refractivity contribution is 0.340. The van der Waals surface area contributed by atoms with Crippen molar-refractivity contribution < 1.29 is 13.7 Å². The van der Waals surface area contributed by atoms with Crippen LogP contribution in [-0.2, 0) is 6.42 Å². The van der Waals surface area contributed by atoms with Crippen LogP contribution < -0.4 is 4.74 Å². The number of nitriles is 1. The van der Waals surface area contributed by atoms with Gasteiger partial charge in [-0.15, -0.1) is 0 Å². The second-order valence-electron chi connectivity index (χ2n) is 6.36. The zero-order chi connectivity index (χ0) is 20.2. The maximum atomic E-state index is 8.89. The smallest absolute Gasteiger partial charge is 0.257 e. The highest BCUT2D eigenvalue weighted by molar-refractivity contribution is 5.56. The summed E-state index contributed by atoms with van der Waals surface area (Å²) < 4.78 is 16.6. The molecule has 4 rings (SSSR count). The van der Waals surface area contributed by atoms with E-state index >= 15 is 0 Å². The van der Waals surface area contributed by atoms with Crippen molar-refractivity contribution in [2.75, 3.05) is 6.61 Å². The molecule has 0 saturated carbocycles. The minimum atomic E-state index is 0.395. The standard InChI is InChI=1S/C22H18N4O3/c1-3-27-18-10-8-16(9-11-18)21-24-19(14(2)28-21)12-20-25-22(29-26-20)17-6-4-15(13-23)5-7-17/h4-11H,3,12H2,1-2H3. The third-order valence-corrected chi connectivity index (χ3v) is 4.36. The van der Waals surface area contributed by atoms with Crippen molar-refractivity contribution in [2.45, 2.75) is 20.3 Å². The first kappa shape index (κ1) is 18.4. The van der Waals surface area contributed by atoms with E-state index in [1.807, 2.05) is 38.1 Å². The topological polar surface area (TPSA) is 98.0 Å². The number of nitrogens with zero attached hydrogens (tertiary/aromatic N) is 4. The lowest BCUT2D eigenvalue weighted by Crippen LogP contribution is -1.93. The van der Waals surface area contributed by atoms with E-state index in [1.165, 1.54) is 0 Å². The molecule has 0 radical (unpaired) electrons. The Balaban J connectivity index is 1.51.